The number of carbonyl (C=O) groups is 1. The molecule has 1 aliphatic carbocycles. The molecule has 1 aliphatic rings. The van der Waals surface area contributed by atoms with Gasteiger partial charge in [0, 0.05) is 22.6 Å². The monoisotopic (exact) mass is 341 g/mol. The van der Waals surface area contributed by atoms with Crippen molar-refractivity contribution < 1.29 is 9.72 Å². The number of aryl methyl sites for hydroxylation is 1. The molecule has 0 unspecified atom stereocenters. The van der Waals surface area contributed by atoms with Gasteiger partial charge in [0.1, 0.15) is 11.1 Å². The first kappa shape index (κ1) is 16.1. The lowest BCUT2D eigenvalue weighted by Gasteiger charge is -2.04. The summed E-state index contributed by atoms with van der Waals surface area (Å²) >= 11 is 1.45. The number of hydrogen-bond donors (Lipinski definition) is 1. The molecule has 6 nitrogen and oxygen atoms in total. The summed E-state index contributed by atoms with van der Waals surface area (Å²) in [6.45, 7) is 0. The van der Waals surface area contributed by atoms with Crippen LogP contribution in [-0.4, -0.2) is 10.8 Å². The fourth-order valence-corrected chi connectivity index (χ4v) is 4.12. The third-order valence-corrected chi connectivity index (χ3v) is 5.29. The Bertz CT molecular complexity index is 851. The van der Waals surface area contributed by atoms with Gasteiger partial charge in [-0.15, -0.1) is 11.3 Å². The van der Waals surface area contributed by atoms with Gasteiger partial charge in [-0.2, -0.15) is 5.26 Å². The van der Waals surface area contributed by atoms with Crippen molar-refractivity contribution in [3.8, 4) is 6.07 Å². The van der Waals surface area contributed by atoms with E-state index in [9.17, 15) is 20.2 Å². The minimum atomic E-state index is -0.537. The summed E-state index contributed by atoms with van der Waals surface area (Å²) in [7, 11) is 0. The van der Waals surface area contributed by atoms with E-state index in [-0.39, 0.29) is 11.3 Å². The van der Waals surface area contributed by atoms with Crippen LogP contribution in [0, 0.1) is 21.4 Å². The highest BCUT2D eigenvalue weighted by Gasteiger charge is 2.21. The molecule has 122 valence electrons. The van der Waals surface area contributed by atoms with Gasteiger partial charge in [-0.3, -0.25) is 14.9 Å². The minimum absolute atomic E-state index is 0.134. The van der Waals surface area contributed by atoms with Crippen LogP contribution >= 0.6 is 11.3 Å². The Morgan fingerprint density at radius 2 is 2.08 bits per heavy atom. The molecule has 0 atom stereocenters. The van der Waals surface area contributed by atoms with Crippen molar-refractivity contribution >= 4 is 27.9 Å². The van der Waals surface area contributed by atoms with Gasteiger partial charge in [0.05, 0.1) is 10.5 Å². The summed E-state index contributed by atoms with van der Waals surface area (Å²) in [5, 5.41) is 23.6. The van der Waals surface area contributed by atoms with Gasteiger partial charge in [-0.05, 0) is 37.3 Å². The second-order valence-corrected chi connectivity index (χ2v) is 6.75. The first-order chi connectivity index (χ1) is 11.6. The van der Waals surface area contributed by atoms with Crippen molar-refractivity contribution in [2.24, 2.45) is 0 Å². The number of carbonyl (C=O) groups excluding carboxylic acids is 1. The van der Waals surface area contributed by atoms with Gasteiger partial charge < -0.3 is 5.32 Å². The number of fused-ring (bicyclic) bond motifs is 1. The van der Waals surface area contributed by atoms with E-state index in [0.29, 0.717) is 10.6 Å². The molecular formula is C17H15N3O3S. The number of nitrogens with zero attached hydrogens (tertiary/aromatic N) is 2. The third-order valence-electron chi connectivity index (χ3n) is 4.08. The number of nitriles is 1. The minimum Gasteiger partial charge on any atom is -0.312 e. The van der Waals surface area contributed by atoms with Crippen LogP contribution in [0.4, 0.5) is 10.7 Å². The van der Waals surface area contributed by atoms with E-state index in [4.69, 9.17) is 0 Å². The number of nitro benzene ring substituents is 1. The van der Waals surface area contributed by atoms with Gasteiger partial charge >= 0.3 is 0 Å². The molecule has 24 heavy (non-hydrogen) atoms. The van der Waals surface area contributed by atoms with Gasteiger partial charge in [-0.1, -0.05) is 12.5 Å². The molecule has 1 amide bonds. The number of benzene rings is 1. The highest BCUT2D eigenvalue weighted by Crippen LogP contribution is 2.37. The number of nitrogens with one attached hydrogen (secondary N) is 1. The molecule has 0 saturated heterocycles. The Labute approximate surface area is 142 Å². The molecule has 1 aromatic heterocycles. The van der Waals surface area contributed by atoms with Gasteiger partial charge in [0.2, 0.25) is 0 Å². The topological polar surface area (TPSA) is 96.0 Å². The summed E-state index contributed by atoms with van der Waals surface area (Å²) in [5.41, 5.74) is 1.66. The summed E-state index contributed by atoms with van der Waals surface area (Å²) in [6, 6.07) is 7.77. The van der Waals surface area contributed by atoms with Crippen LogP contribution in [0.25, 0.3) is 0 Å². The van der Waals surface area contributed by atoms with E-state index in [1.54, 1.807) is 0 Å². The molecule has 1 N–H and O–H groups in total. The van der Waals surface area contributed by atoms with E-state index in [2.05, 4.69) is 11.4 Å². The van der Waals surface area contributed by atoms with Crippen molar-refractivity contribution in [2.45, 2.75) is 32.1 Å². The summed E-state index contributed by atoms with van der Waals surface area (Å²) < 4.78 is 0. The van der Waals surface area contributed by atoms with Crippen molar-refractivity contribution in [1.29, 1.82) is 5.26 Å². The largest absolute Gasteiger partial charge is 0.312 e. The Balaban J connectivity index is 1.89. The number of non-ortho nitro benzene ring substituents is 1. The summed E-state index contributed by atoms with van der Waals surface area (Å²) in [4.78, 5) is 23.9. The predicted octanol–water partition coefficient (Wildman–Crippen LogP) is 4.05. The lowest BCUT2D eigenvalue weighted by Crippen LogP contribution is -2.12. The summed E-state index contributed by atoms with van der Waals surface area (Å²) in [6.07, 6.45) is 5.09. The number of anilines is 1. The fraction of sp³-hybridized carbons (Fsp3) is 0.294. The fourth-order valence-electron chi connectivity index (χ4n) is 2.89. The zero-order valence-corrected chi connectivity index (χ0v) is 13.7. The maximum atomic E-state index is 12.4. The highest BCUT2D eigenvalue weighted by molar-refractivity contribution is 7.16. The molecule has 2 aromatic rings. The van der Waals surface area contributed by atoms with Crippen LogP contribution in [0.15, 0.2) is 24.3 Å². The van der Waals surface area contributed by atoms with E-state index in [1.165, 1.54) is 40.5 Å². The maximum absolute atomic E-state index is 12.4. The Morgan fingerprint density at radius 3 is 2.83 bits per heavy atom. The Hall–Kier alpha value is -2.72. The molecule has 0 radical (unpaired) electrons. The van der Waals surface area contributed by atoms with E-state index < -0.39 is 10.8 Å². The van der Waals surface area contributed by atoms with E-state index in [0.717, 1.165) is 37.7 Å². The van der Waals surface area contributed by atoms with Crippen LogP contribution in [0.2, 0.25) is 0 Å². The lowest BCUT2D eigenvalue weighted by molar-refractivity contribution is -0.384. The average molecular weight is 341 g/mol. The number of nitro groups is 1. The second-order valence-electron chi connectivity index (χ2n) is 5.64. The molecule has 0 spiro atoms. The maximum Gasteiger partial charge on any atom is 0.270 e. The molecule has 0 saturated carbocycles. The Kier molecular flexibility index (Phi) is 4.58. The number of rotatable bonds is 3. The molecule has 0 fully saturated rings. The average Bonchev–Trinajstić information content (AvgIpc) is 2.75. The normalized spacial score (nSPS) is 13.5. The van der Waals surface area contributed by atoms with Crippen LogP contribution in [0.5, 0.6) is 0 Å². The molecule has 3 rings (SSSR count). The van der Waals surface area contributed by atoms with Crippen molar-refractivity contribution in [2.75, 3.05) is 5.32 Å². The zero-order chi connectivity index (χ0) is 17.1. The number of amides is 1. The van der Waals surface area contributed by atoms with Crippen molar-refractivity contribution in [1.82, 2.24) is 0 Å². The quantitative estimate of drug-likeness (QED) is 0.517. The van der Waals surface area contributed by atoms with Crippen LogP contribution in [-0.2, 0) is 12.8 Å². The predicted molar refractivity (Wildman–Crippen MR) is 91.3 cm³/mol. The third kappa shape index (κ3) is 3.14. The van der Waals surface area contributed by atoms with Crippen LogP contribution in [0.1, 0.15) is 45.6 Å². The van der Waals surface area contributed by atoms with E-state index in [1.807, 2.05) is 0 Å². The summed E-state index contributed by atoms with van der Waals surface area (Å²) in [5.74, 6) is -0.438. The van der Waals surface area contributed by atoms with Gasteiger partial charge in [0.15, 0.2) is 0 Å². The molecule has 1 heterocycles. The number of hydrogen-bond acceptors (Lipinski definition) is 5. The molecule has 0 bridgehead atoms. The highest BCUT2D eigenvalue weighted by atomic mass is 32.1. The van der Waals surface area contributed by atoms with Crippen molar-refractivity contribution in [3.05, 3.63) is 55.9 Å². The molecule has 1 aromatic carbocycles. The molecule has 0 aliphatic heterocycles. The number of thiophene rings is 1. The van der Waals surface area contributed by atoms with Gasteiger partial charge in [0.25, 0.3) is 11.6 Å². The molecule has 7 heteroatoms. The Morgan fingerprint density at radius 1 is 1.29 bits per heavy atom. The first-order valence-electron chi connectivity index (χ1n) is 7.70. The first-order valence-corrected chi connectivity index (χ1v) is 8.52. The SMILES string of the molecule is N#Cc1c(NC(=O)c2cccc([N+](=O)[O-])c2)sc2c1CCCCC2. The lowest BCUT2D eigenvalue weighted by atomic mass is 10.1. The van der Waals surface area contributed by atoms with E-state index >= 15 is 0 Å². The zero-order valence-electron chi connectivity index (χ0n) is 12.9. The van der Waals surface area contributed by atoms with Crippen molar-refractivity contribution in [3.63, 3.8) is 0 Å². The second kappa shape index (κ2) is 6.81. The van der Waals surface area contributed by atoms with Crippen LogP contribution in [0.3, 0.4) is 0 Å². The van der Waals surface area contributed by atoms with Gasteiger partial charge in [-0.25, -0.2) is 0 Å². The van der Waals surface area contributed by atoms with Crippen LogP contribution < -0.4 is 5.32 Å². The molecular weight excluding hydrogens is 326 g/mol. The standard InChI is InChI=1S/C17H15N3O3S/c18-10-14-13-7-2-1-3-8-15(13)24-17(14)19-16(21)11-5-4-6-12(9-11)20(22)23/h4-6,9H,1-3,7-8H2,(H,19,21). The smallest absolute Gasteiger partial charge is 0.270 e.